The highest BCUT2D eigenvalue weighted by Gasteiger charge is 2.18. The first-order valence-electron chi connectivity index (χ1n) is 5.10. The van der Waals surface area contributed by atoms with Gasteiger partial charge in [0.15, 0.2) is 0 Å². The molecule has 0 aliphatic heterocycles. The third kappa shape index (κ3) is 3.36. The number of rotatable bonds is 2. The van der Waals surface area contributed by atoms with Gasteiger partial charge in [0.1, 0.15) is 0 Å². The lowest BCUT2D eigenvalue weighted by Crippen LogP contribution is -2.12. The molecule has 0 heterocycles. The lowest BCUT2D eigenvalue weighted by Gasteiger charge is -2.24. The Morgan fingerprint density at radius 1 is 1.64 bits per heavy atom. The van der Waals surface area contributed by atoms with Gasteiger partial charge in [-0.05, 0) is 30.8 Å². The molecule has 0 amide bonds. The number of carbonyl (C=O) groups excluding carboxylic acids is 1. The summed E-state index contributed by atoms with van der Waals surface area (Å²) < 4.78 is 4.85. The summed E-state index contributed by atoms with van der Waals surface area (Å²) in [6.07, 6.45) is 7.83. The molecular weight excluding hydrogens is 176 g/mol. The average molecular weight is 194 g/mol. The van der Waals surface area contributed by atoms with E-state index in [1.807, 2.05) is 13.0 Å². The van der Waals surface area contributed by atoms with Crippen LogP contribution in [0.15, 0.2) is 23.8 Å². The number of ether oxygens (including phenoxy) is 1. The van der Waals surface area contributed by atoms with Crippen molar-refractivity contribution < 1.29 is 9.53 Å². The number of hydrogen-bond acceptors (Lipinski definition) is 2. The van der Waals surface area contributed by atoms with Crippen LogP contribution in [-0.2, 0) is 9.53 Å². The zero-order chi connectivity index (χ0) is 10.6. The third-order valence-electron chi connectivity index (χ3n) is 2.40. The second-order valence-electron chi connectivity index (χ2n) is 4.29. The Kier molecular flexibility index (Phi) is 3.50. The second kappa shape index (κ2) is 4.45. The third-order valence-corrected chi connectivity index (χ3v) is 2.40. The zero-order valence-electron chi connectivity index (χ0n) is 9.17. The highest BCUT2D eigenvalue weighted by Crippen LogP contribution is 2.31. The lowest BCUT2D eigenvalue weighted by molar-refractivity contribution is -0.137. The summed E-state index contributed by atoms with van der Waals surface area (Å²) in [5.41, 5.74) is 1.34. The summed E-state index contributed by atoms with van der Waals surface area (Å²) >= 11 is 0. The Bertz CT molecular complexity index is 272. The topological polar surface area (TPSA) is 26.3 Å². The molecule has 0 saturated carbocycles. The quantitative estimate of drug-likeness (QED) is 0.499. The van der Waals surface area contributed by atoms with Crippen LogP contribution in [0, 0.1) is 5.41 Å². The Morgan fingerprint density at radius 3 is 2.86 bits per heavy atom. The van der Waals surface area contributed by atoms with Crippen molar-refractivity contribution in [1.29, 1.82) is 0 Å². The summed E-state index contributed by atoms with van der Waals surface area (Å²) in [6, 6.07) is 0. The summed E-state index contributed by atoms with van der Waals surface area (Å²) in [4.78, 5) is 11.1. The van der Waals surface area contributed by atoms with E-state index in [0.29, 0.717) is 6.61 Å². The maximum atomic E-state index is 11.1. The van der Waals surface area contributed by atoms with Gasteiger partial charge < -0.3 is 4.74 Å². The lowest BCUT2D eigenvalue weighted by atomic mass is 9.81. The molecule has 0 fully saturated rings. The van der Waals surface area contributed by atoms with Crippen molar-refractivity contribution in [3.8, 4) is 0 Å². The molecule has 2 heteroatoms. The molecule has 1 rings (SSSR count). The predicted molar refractivity (Wildman–Crippen MR) is 56.9 cm³/mol. The van der Waals surface area contributed by atoms with E-state index in [1.165, 1.54) is 0 Å². The molecule has 1 aliphatic carbocycles. The van der Waals surface area contributed by atoms with E-state index < -0.39 is 0 Å². The van der Waals surface area contributed by atoms with Gasteiger partial charge in [-0.1, -0.05) is 26.0 Å². The zero-order valence-corrected chi connectivity index (χ0v) is 9.17. The van der Waals surface area contributed by atoms with Crippen LogP contribution >= 0.6 is 0 Å². The van der Waals surface area contributed by atoms with Crippen molar-refractivity contribution in [2.24, 2.45) is 5.41 Å². The minimum atomic E-state index is -0.230. The highest BCUT2D eigenvalue weighted by atomic mass is 16.5. The molecule has 0 atom stereocenters. The molecule has 0 radical (unpaired) electrons. The SMILES string of the molecule is CCOC(=O)/C=C1/C=CC(C)(C)CC1. The van der Waals surface area contributed by atoms with E-state index in [1.54, 1.807) is 6.08 Å². The van der Waals surface area contributed by atoms with Crippen molar-refractivity contribution in [2.75, 3.05) is 6.61 Å². The molecule has 0 aromatic carbocycles. The van der Waals surface area contributed by atoms with Crippen molar-refractivity contribution in [3.63, 3.8) is 0 Å². The van der Waals surface area contributed by atoms with E-state index in [0.717, 1.165) is 18.4 Å². The molecule has 0 unspecified atom stereocenters. The molecule has 2 nitrogen and oxygen atoms in total. The first-order valence-corrected chi connectivity index (χ1v) is 5.10. The second-order valence-corrected chi connectivity index (χ2v) is 4.29. The molecular formula is C12H18O2. The molecule has 0 aromatic rings. The smallest absolute Gasteiger partial charge is 0.331 e. The summed E-state index contributed by atoms with van der Waals surface area (Å²) in [5.74, 6) is -0.230. The van der Waals surface area contributed by atoms with Crippen LogP contribution < -0.4 is 0 Å². The van der Waals surface area contributed by atoms with Gasteiger partial charge in [-0.3, -0.25) is 0 Å². The van der Waals surface area contributed by atoms with Gasteiger partial charge in [0.25, 0.3) is 0 Å². The van der Waals surface area contributed by atoms with Crippen LogP contribution in [0.5, 0.6) is 0 Å². The van der Waals surface area contributed by atoms with Gasteiger partial charge >= 0.3 is 5.97 Å². The van der Waals surface area contributed by atoms with E-state index in [2.05, 4.69) is 19.9 Å². The first kappa shape index (κ1) is 11.0. The fourth-order valence-corrected chi connectivity index (χ4v) is 1.42. The number of carbonyl (C=O) groups is 1. The van der Waals surface area contributed by atoms with Gasteiger partial charge in [0.05, 0.1) is 6.61 Å². The van der Waals surface area contributed by atoms with Crippen molar-refractivity contribution in [3.05, 3.63) is 23.8 Å². The van der Waals surface area contributed by atoms with E-state index >= 15 is 0 Å². The molecule has 14 heavy (non-hydrogen) atoms. The summed E-state index contributed by atoms with van der Waals surface area (Å²) in [7, 11) is 0. The van der Waals surface area contributed by atoms with Gasteiger partial charge in [-0.15, -0.1) is 0 Å². The number of allylic oxidation sites excluding steroid dienone is 3. The van der Waals surface area contributed by atoms with Gasteiger partial charge in [-0.2, -0.15) is 0 Å². The van der Waals surface area contributed by atoms with Crippen LogP contribution in [0.4, 0.5) is 0 Å². The fraction of sp³-hybridized carbons (Fsp3) is 0.583. The molecule has 78 valence electrons. The molecule has 1 aliphatic rings. The Balaban J connectivity index is 2.60. The van der Waals surface area contributed by atoms with Crippen LogP contribution in [0.3, 0.4) is 0 Å². The molecule has 0 spiro atoms. The van der Waals surface area contributed by atoms with Gasteiger partial charge in [0.2, 0.25) is 0 Å². The number of hydrogen-bond donors (Lipinski definition) is 0. The van der Waals surface area contributed by atoms with Crippen LogP contribution in [0.2, 0.25) is 0 Å². The highest BCUT2D eigenvalue weighted by molar-refractivity contribution is 5.83. The van der Waals surface area contributed by atoms with Crippen LogP contribution in [0.25, 0.3) is 0 Å². The van der Waals surface area contributed by atoms with E-state index in [9.17, 15) is 4.79 Å². The Labute approximate surface area is 85.6 Å². The normalized spacial score (nSPS) is 22.4. The number of esters is 1. The van der Waals surface area contributed by atoms with Crippen LogP contribution in [-0.4, -0.2) is 12.6 Å². The van der Waals surface area contributed by atoms with E-state index in [-0.39, 0.29) is 11.4 Å². The summed E-state index contributed by atoms with van der Waals surface area (Å²) in [6.45, 7) is 6.66. The van der Waals surface area contributed by atoms with E-state index in [4.69, 9.17) is 4.74 Å². The maximum Gasteiger partial charge on any atom is 0.331 e. The fourth-order valence-electron chi connectivity index (χ4n) is 1.42. The molecule has 0 saturated heterocycles. The standard InChI is InChI=1S/C12H18O2/c1-4-14-11(13)9-10-5-7-12(2,3)8-6-10/h5,7,9H,4,6,8H2,1-3H3/b10-9-. The Morgan fingerprint density at radius 2 is 2.36 bits per heavy atom. The average Bonchev–Trinajstić information content (AvgIpc) is 2.09. The molecule has 0 bridgehead atoms. The van der Waals surface area contributed by atoms with Crippen molar-refractivity contribution >= 4 is 5.97 Å². The Hall–Kier alpha value is -1.05. The van der Waals surface area contributed by atoms with Crippen molar-refractivity contribution in [2.45, 2.75) is 33.6 Å². The minimum absolute atomic E-state index is 0.230. The molecule has 0 N–H and O–H groups in total. The largest absolute Gasteiger partial charge is 0.463 e. The van der Waals surface area contributed by atoms with Crippen molar-refractivity contribution in [1.82, 2.24) is 0 Å². The monoisotopic (exact) mass is 194 g/mol. The first-order chi connectivity index (χ1) is 6.53. The van der Waals surface area contributed by atoms with Gasteiger partial charge in [0, 0.05) is 6.08 Å². The predicted octanol–water partition coefficient (Wildman–Crippen LogP) is 2.85. The molecule has 0 aromatic heterocycles. The van der Waals surface area contributed by atoms with Gasteiger partial charge in [-0.25, -0.2) is 4.79 Å². The minimum Gasteiger partial charge on any atom is -0.463 e. The summed E-state index contributed by atoms with van der Waals surface area (Å²) in [5, 5.41) is 0. The maximum absolute atomic E-state index is 11.1. The van der Waals surface area contributed by atoms with Crippen LogP contribution in [0.1, 0.15) is 33.6 Å².